The van der Waals surface area contributed by atoms with Crippen molar-refractivity contribution in [3.63, 3.8) is 0 Å². The molecule has 9 heteroatoms. The highest BCUT2D eigenvalue weighted by Gasteiger charge is 2.59. The van der Waals surface area contributed by atoms with Crippen molar-refractivity contribution in [2.24, 2.45) is 11.3 Å². The molecule has 0 aliphatic carbocycles. The van der Waals surface area contributed by atoms with Crippen LogP contribution in [0.5, 0.6) is 0 Å². The van der Waals surface area contributed by atoms with E-state index in [2.05, 4.69) is 10.3 Å². The Bertz CT molecular complexity index is 647. The number of likely N-dealkylation sites (tertiary alicyclic amines) is 1. The minimum Gasteiger partial charge on any atom is -0.481 e. The quantitative estimate of drug-likeness (QED) is 0.854. The third-order valence-electron chi connectivity index (χ3n) is 4.45. The average molecular weight is 329 g/mol. The molecule has 124 valence electrons. The van der Waals surface area contributed by atoms with Crippen LogP contribution in [0.15, 0.2) is 18.3 Å². The summed E-state index contributed by atoms with van der Waals surface area (Å²) in [5, 5.41) is 12.4. The second-order valence-electron chi connectivity index (χ2n) is 5.89. The van der Waals surface area contributed by atoms with Crippen LogP contribution in [0.4, 0.5) is 13.2 Å². The van der Waals surface area contributed by atoms with Crippen molar-refractivity contribution < 1.29 is 27.9 Å². The lowest BCUT2D eigenvalue weighted by Gasteiger charge is -2.22. The number of carbonyl (C=O) groups is 2. The number of carboxylic acids is 1. The van der Waals surface area contributed by atoms with Crippen LogP contribution in [0.1, 0.15) is 11.3 Å². The molecule has 0 bridgehead atoms. The summed E-state index contributed by atoms with van der Waals surface area (Å²) in [7, 11) is 0. The summed E-state index contributed by atoms with van der Waals surface area (Å²) in [5.74, 6) is -1.96. The number of alkyl halides is 3. The number of nitrogens with one attached hydrogen (secondary N) is 1. The van der Waals surface area contributed by atoms with Gasteiger partial charge in [0.25, 0.3) is 0 Å². The second kappa shape index (κ2) is 5.19. The zero-order chi connectivity index (χ0) is 16.8. The fourth-order valence-corrected chi connectivity index (χ4v) is 3.22. The van der Waals surface area contributed by atoms with Gasteiger partial charge >= 0.3 is 12.1 Å². The highest BCUT2D eigenvalue weighted by atomic mass is 19.4. The molecule has 0 spiro atoms. The molecule has 2 atom stereocenters. The Balaban J connectivity index is 1.77. The lowest BCUT2D eigenvalue weighted by atomic mass is 9.81. The van der Waals surface area contributed by atoms with Crippen LogP contribution in [0.25, 0.3) is 0 Å². The predicted octanol–water partition coefficient (Wildman–Crippen LogP) is 0.733. The van der Waals surface area contributed by atoms with Crippen molar-refractivity contribution in [2.75, 3.05) is 19.6 Å². The number of carboxylic acid groups (broad SMARTS) is 1. The Kier molecular flexibility index (Phi) is 3.55. The smallest absolute Gasteiger partial charge is 0.433 e. The summed E-state index contributed by atoms with van der Waals surface area (Å²) in [6.07, 6.45) is -3.45. The van der Waals surface area contributed by atoms with Crippen LogP contribution in [0, 0.1) is 11.3 Å². The van der Waals surface area contributed by atoms with Crippen LogP contribution in [0.2, 0.25) is 0 Å². The average Bonchev–Trinajstić information content (AvgIpc) is 3.00. The number of nitrogens with zero attached hydrogens (tertiary/aromatic N) is 2. The van der Waals surface area contributed by atoms with E-state index >= 15 is 0 Å². The molecule has 0 unspecified atom stereocenters. The lowest BCUT2D eigenvalue weighted by Crippen LogP contribution is -2.40. The summed E-state index contributed by atoms with van der Waals surface area (Å²) in [5.41, 5.74) is -1.73. The minimum atomic E-state index is -4.52. The van der Waals surface area contributed by atoms with Gasteiger partial charge < -0.3 is 15.3 Å². The zero-order valence-corrected chi connectivity index (χ0v) is 11.9. The van der Waals surface area contributed by atoms with Gasteiger partial charge in [-0.15, -0.1) is 0 Å². The number of amides is 1. The van der Waals surface area contributed by atoms with Gasteiger partial charge in [-0.2, -0.15) is 13.2 Å². The number of aliphatic carboxylic acids is 1. The molecule has 0 aromatic carbocycles. The highest BCUT2D eigenvalue weighted by molar-refractivity contribution is 5.92. The molecule has 6 nitrogen and oxygen atoms in total. The number of hydrogen-bond acceptors (Lipinski definition) is 4. The van der Waals surface area contributed by atoms with Gasteiger partial charge in [-0.3, -0.25) is 14.6 Å². The van der Waals surface area contributed by atoms with Gasteiger partial charge in [0.1, 0.15) is 11.1 Å². The Labute approximate surface area is 129 Å². The summed E-state index contributed by atoms with van der Waals surface area (Å²) in [6, 6.07) is 2.11. The maximum atomic E-state index is 12.5. The Morgan fingerprint density at radius 1 is 1.48 bits per heavy atom. The van der Waals surface area contributed by atoms with Gasteiger partial charge in [0.15, 0.2) is 0 Å². The minimum absolute atomic E-state index is 0.0415. The first kappa shape index (κ1) is 15.7. The van der Waals surface area contributed by atoms with Gasteiger partial charge in [-0.25, -0.2) is 0 Å². The molecule has 1 amide bonds. The van der Waals surface area contributed by atoms with Crippen molar-refractivity contribution in [3.05, 3.63) is 29.6 Å². The van der Waals surface area contributed by atoms with Crippen LogP contribution >= 0.6 is 0 Å². The van der Waals surface area contributed by atoms with E-state index in [4.69, 9.17) is 0 Å². The van der Waals surface area contributed by atoms with Crippen molar-refractivity contribution in [1.82, 2.24) is 15.2 Å². The lowest BCUT2D eigenvalue weighted by molar-refractivity contribution is -0.149. The fraction of sp³-hybridized carbons (Fsp3) is 0.500. The van der Waals surface area contributed by atoms with Gasteiger partial charge in [0.2, 0.25) is 5.91 Å². The molecule has 0 saturated carbocycles. The highest BCUT2D eigenvalue weighted by Crippen LogP contribution is 2.40. The van der Waals surface area contributed by atoms with Crippen molar-refractivity contribution in [3.8, 4) is 0 Å². The van der Waals surface area contributed by atoms with E-state index in [9.17, 15) is 27.9 Å². The first-order valence-corrected chi connectivity index (χ1v) is 6.99. The first-order valence-electron chi connectivity index (χ1n) is 6.99. The van der Waals surface area contributed by atoms with Crippen molar-refractivity contribution in [1.29, 1.82) is 0 Å². The van der Waals surface area contributed by atoms with Crippen molar-refractivity contribution >= 4 is 11.9 Å². The monoisotopic (exact) mass is 329 g/mol. The Morgan fingerprint density at radius 2 is 2.22 bits per heavy atom. The van der Waals surface area contributed by atoms with E-state index in [1.165, 1.54) is 11.0 Å². The third-order valence-corrected chi connectivity index (χ3v) is 4.45. The van der Waals surface area contributed by atoms with E-state index < -0.39 is 29.2 Å². The van der Waals surface area contributed by atoms with Crippen LogP contribution in [-0.4, -0.2) is 46.5 Å². The van der Waals surface area contributed by atoms with Gasteiger partial charge in [-0.1, -0.05) is 6.07 Å². The van der Waals surface area contributed by atoms with Crippen LogP contribution in [0.3, 0.4) is 0 Å². The molecular formula is C14H14F3N3O3. The summed E-state index contributed by atoms with van der Waals surface area (Å²) >= 11 is 0. The van der Waals surface area contributed by atoms with Crippen LogP contribution in [-0.2, 0) is 22.3 Å². The van der Waals surface area contributed by atoms with E-state index in [0.29, 0.717) is 12.1 Å². The van der Waals surface area contributed by atoms with Gasteiger partial charge in [-0.05, 0) is 11.6 Å². The van der Waals surface area contributed by atoms with E-state index in [-0.39, 0.29) is 25.5 Å². The standard InChI is InChI=1S/C14H14F3N3O3/c15-14(16,17)10-2-1-8(3-19-10)5-20-7-13(12(22)23)6-18-4-9(13)11(20)21/h1-3,9,18H,4-7H2,(H,22,23)/t9-,13-/m1/s1. The molecule has 3 heterocycles. The summed E-state index contributed by atoms with van der Waals surface area (Å²) < 4.78 is 37.4. The van der Waals surface area contributed by atoms with E-state index in [1.54, 1.807) is 0 Å². The number of carbonyl (C=O) groups excluding carboxylic acids is 1. The molecule has 0 radical (unpaired) electrons. The molecule has 2 aliphatic heterocycles. The second-order valence-corrected chi connectivity index (χ2v) is 5.89. The molecule has 2 saturated heterocycles. The summed E-state index contributed by atoms with van der Waals surface area (Å²) in [6.45, 7) is 0.600. The molecule has 3 rings (SSSR count). The SMILES string of the molecule is O=C1[C@H]2CNC[C@@]2(C(=O)O)CN1Cc1ccc(C(F)(F)F)nc1. The third kappa shape index (κ3) is 2.54. The molecule has 1 aromatic rings. The summed E-state index contributed by atoms with van der Waals surface area (Å²) in [4.78, 5) is 28.6. The number of rotatable bonds is 3. The number of halogens is 3. The molecule has 23 heavy (non-hydrogen) atoms. The number of pyridine rings is 1. The van der Waals surface area contributed by atoms with Gasteiger partial charge in [0, 0.05) is 32.4 Å². The number of fused-ring (bicyclic) bond motifs is 1. The number of aromatic nitrogens is 1. The topological polar surface area (TPSA) is 82.5 Å². The van der Waals surface area contributed by atoms with Crippen molar-refractivity contribution in [2.45, 2.75) is 12.7 Å². The molecular weight excluding hydrogens is 315 g/mol. The Hall–Kier alpha value is -2.16. The van der Waals surface area contributed by atoms with E-state index in [0.717, 1.165) is 12.3 Å². The maximum absolute atomic E-state index is 12.5. The van der Waals surface area contributed by atoms with E-state index in [1.807, 2.05) is 0 Å². The number of hydrogen-bond donors (Lipinski definition) is 2. The first-order chi connectivity index (χ1) is 10.7. The van der Waals surface area contributed by atoms with Crippen LogP contribution < -0.4 is 5.32 Å². The molecule has 1 aromatic heterocycles. The predicted molar refractivity (Wildman–Crippen MR) is 71.1 cm³/mol. The molecule has 2 fully saturated rings. The fourth-order valence-electron chi connectivity index (χ4n) is 3.22. The normalized spacial score (nSPS) is 27.3. The molecule has 2 aliphatic rings. The zero-order valence-electron chi connectivity index (χ0n) is 11.9. The maximum Gasteiger partial charge on any atom is 0.433 e. The largest absolute Gasteiger partial charge is 0.481 e. The van der Waals surface area contributed by atoms with Gasteiger partial charge in [0.05, 0.1) is 5.92 Å². The Morgan fingerprint density at radius 3 is 2.74 bits per heavy atom. The molecule has 2 N–H and O–H groups in total.